The number of carbonyl (C=O) groups excluding carboxylic acids is 1. The zero-order chi connectivity index (χ0) is 16.4. The average Bonchev–Trinajstić information content (AvgIpc) is 2.94. The molecule has 3 rings (SSSR count). The third-order valence-corrected chi connectivity index (χ3v) is 4.18. The molecule has 1 aromatic heterocycles. The summed E-state index contributed by atoms with van der Waals surface area (Å²) in [5, 5.41) is 2.24. The first kappa shape index (κ1) is 15.3. The van der Waals surface area contributed by atoms with Gasteiger partial charge in [-0.3, -0.25) is 4.79 Å². The van der Waals surface area contributed by atoms with Gasteiger partial charge in [0.1, 0.15) is 12.0 Å². The molecule has 0 saturated carbocycles. The molecule has 0 fully saturated rings. The molecule has 23 heavy (non-hydrogen) atoms. The Morgan fingerprint density at radius 3 is 2.74 bits per heavy atom. The van der Waals surface area contributed by atoms with Gasteiger partial charge in [-0.1, -0.05) is 29.8 Å². The maximum absolute atomic E-state index is 11.6. The van der Waals surface area contributed by atoms with Gasteiger partial charge in [0.2, 0.25) is 0 Å². The van der Waals surface area contributed by atoms with Crippen LogP contribution < -0.4 is 4.74 Å². The lowest BCUT2D eigenvalue weighted by Gasteiger charge is -2.10. The summed E-state index contributed by atoms with van der Waals surface area (Å²) >= 11 is 0. The number of aromatic amines is 1. The van der Waals surface area contributed by atoms with Crippen LogP contribution in [-0.2, 0) is 6.42 Å². The number of methoxy groups -OCH3 is 1. The Bertz CT molecular complexity index is 899. The van der Waals surface area contributed by atoms with Crippen LogP contribution in [0.25, 0.3) is 21.8 Å². The molecule has 0 saturated heterocycles. The van der Waals surface area contributed by atoms with E-state index >= 15 is 0 Å². The summed E-state index contributed by atoms with van der Waals surface area (Å²) < 4.78 is 5.50. The summed E-state index contributed by atoms with van der Waals surface area (Å²) in [7, 11) is 1.64. The standard InChI is InChI=1S/C20H21NO2/c1-13(2)7-6-9-15-14(12-22)11-18(23-3)20-19(15)16-8-4-5-10-17(16)21-20/h4-5,7-8,10-12,21H,6,9H2,1-3H3. The third-order valence-electron chi connectivity index (χ3n) is 4.18. The number of hydrogen-bond donors (Lipinski definition) is 1. The number of nitrogens with one attached hydrogen (secondary N) is 1. The molecule has 0 amide bonds. The van der Waals surface area contributed by atoms with Crippen LogP contribution in [0.15, 0.2) is 42.0 Å². The van der Waals surface area contributed by atoms with Gasteiger partial charge in [-0.2, -0.15) is 0 Å². The predicted octanol–water partition coefficient (Wildman–Crippen LogP) is 5.04. The van der Waals surface area contributed by atoms with E-state index in [1.807, 2.05) is 18.2 Å². The quantitative estimate of drug-likeness (QED) is 0.530. The SMILES string of the molecule is COc1cc(C=O)c(CCC=C(C)C)c2c1[nH]c1ccccc12. The van der Waals surface area contributed by atoms with Crippen molar-refractivity contribution in [2.45, 2.75) is 26.7 Å². The number of aldehydes is 1. The van der Waals surface area contributed by atoms with Crippen LogP contribution in [0.1, 0.15) is 36.2 Å². The summed E-state index contributed by atoms with van der Waals surface area (Å²) in [6.07, 6.45) is 4.90. The molecule has 0 radical (unpaired) electrons. The minimum absolute atomic E-state index is 0.709. The Morgan fingerprint density at radius 1 is 1.26 bits per heavy atom. The first-order valence-corrected chi connectivity index (χ1v) is 7.84. The van der Waals surface area contributed by atoms with Crippen molar-refractivity contribution in [2.24, 2.45) is 0 Å². The second kappa shape index (κ2) is 6.29. The Labute approximate surface area is 136 Å². The minimum Gasteiger partial charge on any atom is -0.495 e. The van der Waals surface area contributed by atoms with E-state index in [-0.39, 0.29) is 0 Å². The molecule has 3 aromatic rings. The average molecular weight is 307 g/mol. The highest BCUT2D eigenvalue weighted by Crippen LogP contribution is 2.36. The number of benzene rings is 2. The molecule has 2 aromatic carbocycles. The highest BCUT2D eigenvalue weighted by molar-refractivity contribution is 6.12. The van der Waals surface area contributed by atoms with E-state index in [0.29, 0.717) is 11.3 Å². The summed E-state index contributed by atoms with van der Waals surface area (Å²) in [6, 6.07) is 10.0. The minimum atomic E-state index is 0.709. The Morgan fingerprint density at radius 2 is 2.04 bits per heavy atom. The normalized spacial score (nSPS) is 10.9. The highest BCUT2D eigenvalue weighted by Gasteiger charge is 2.16. The highest BCUT2D eigenvalue weighted by atomic mass is 16.5. The summed E-state index contributed by atoms with van der Waals surface area (Å²) in [6.45, 7) is 4.19. The fourth-order valence-corrected chi connectivity index (χ4v) is 3.13. The number of para-hydroxylation sites is 1. The van der Waals surface area contributed by atoms with Crippen molar-refractivity contribution in [2.75, 3.05) is 7.11 Å². The number of aromatic nitrogens is 1. The van der Waals surface area contributed by atoms with Gasteiger partial charge in [0, 0.05) is 21.9 Å². The predicted molar refractivity (Wildman–Crippen MR) is 95.5 cm³/mol. The van der Waals surface area contributed by atoms with E-state index in [2.05, 4.69) is 37.0 Å². The molecule has 0 unspecified atom stereocenters. The second-order valence-corrected chi connectivity index (χ2v) is 6.01. The van der Waals surface area contributed by atoms with Crippen LogP contribution in [0.2, 0.25) is 0 Å². The Balaban J connectivity index is 2.30. The van der Waals surface area contributed by atoms with E-state index in [1.54, 1.807) is 7.11 Å². The first-order chi connectivity index (χ1) is 11.2. The van der Waals surface area contributed by atoms with Crippen LogP contribution >= 0.6 is 0 Å². The van der Waals surface area contributed by atoms with Gasteiger partial charge in [-0.25, -0.2) is 0 Å². The van der Waals surface area contributed by atoms with Gasteiger partial charge in [-0.15, -0.1) is 0 Å². The second-order valence-electron chi connectivity index (χ2n) is 6.01. The number of rotatable bonds is 5. The van der Waals surface area contributed by atoms with Crippen LogP contribution in [0.4, 0.5) is 0 Å². The maximum Gasteiger partial charge on any atom is 0.150 e. The lowest BCUT2D eigenvalue weighted by molar-refractivity contribution is 0.112. The monoisotopic (exact) mass is 307 g/mol. The van der Waals surface area contributed by atoms with Crippen molar-refractivity contribution < 1.29 is 9.53 Å². The smallest absolute Gasteiger partial charge is 0.150 e. The van der Waals surface area contributed by atoms with E-state index in [9.17, 15) is 4.79 Å². The number of aryl methyl sites for hydroxylation is 1. The summed E-state index contributed by atoms with van der Waals surface area (Å²) in [5.41, 5.74) is 5.12. The molecule has 0 aliphatic rings. The first-order valence-electron chi connectivity index (χ1n) is 7.84. The van der Waals surface area contributed by atoms with Crippen molar-refractivity contribution in [3.8, 4) is 5.75 Å². The Kier molecular flexibility index (Phi) is 4.20. The zero-order valence-electron chi connectivity index (χ0n) is 13.8. The molecule has 3 nitrogen and oxygen atoms in total. The Hall–Kier alpha value is -2.55. The number of carbonyl (C=O) groups is 1. The van der Waals surface area contributed by atoms with Gasteiger partial charge in [-0.05, 0) is 44.4 Å². The van der Waals surface area contributed by atoms with E-state index in [4.69, 9.17) is 4.74 Å². The third kappa shape index (κ3) is 2.74. The fourth-order valence-electron chi connectivity index (χ4n) is 3.13. The molecule has 1 heterocycles. The van der Waals surface area contributed by atoms with Gasteiger partial charge < -0.3 is 9.72 Å². The molecule has 0 spiro atoms. The van der Waals surface area contributed by atoms with Crippen molar-refractivity contribution in [3.63, 3.8) is 0 Å². The lowest BCUT2D eigenvalue weighted by Crippen LogP contribution is -1.97. The maximum atomic E-state index is 11.6. The molecule has 1 N–H and O–H groups in total. The van der Waals surface area contributed by atoms with Crippen LogP contribution in [0, 0.1) is 0 Å². The molecule has 0 aliphatic carbocycles. The van der Waals surface area contributed by atoms with Crippen molar-refractivity contribution in [3.05, 3.63) is 53.1 Å². The largest absolute Gasteiger partial charge is 0.495 e. The van der Waals surface area contributed by atoms with Crippen molar-refractivity contribution in [1.82, 2.24) is 4.98 Å². The molecular formula is C20H21NO2. The molecule has 0 aliphatic heterocycles. The van der Waals surface area contributed by atoms with Crippen LogP contribution in [-0.4, -0.2) is 18.4 Å². The number of H-pyrrole nitrogens is 1. The number of fused-ring (bicyclic) bond motifs is 3. The number of allylic oxidation sites excluding steroid dienone is 2. The van der Waals surface area contributed by atoms with Gasteiger partial charge in [0.25, 0.3) is 0 Å². The number of ether oxygens (including phenoxy) is 1. The zero-order valence-corrected chi connectivity index (χ0v) is 13.8. The molecule has 118 valence electrons. The summed E-state index contributed by atoms with van der Waals surface area (Å²) in [4.78, 5) is 15.0. The van der Waals surface area contributed by atoms with Crippen LogP contribution in [0.3, 0.4) is 0 Å². The van der Waals surface area contributed by atoms with Crippen molar-refractivity contribution >= 4 is 28.1 Å². The van der Waals surface area contributed by atoms with Gasteiger partial charge in [0.05, 0.1) is 12.6 Å². The fraction of sp³-hybridized carbons (Fsp3) is 0.250. The molecule has 0 bridgehead atoms. The van der Waals surface area contributed by atoms with Gasteiger partial charge in [0.15, 0.2) is 0 Å². The lowest BCUT2D eigenvalue weighted by atomic mass is 9.96. The van der Waals surface area contributed by atoms with E-state index in [1.165, 1.54) is 5.57 Å². The topological polar surface area (TPSA) is 42.1 Å². The number of hydrogen-bond acceptors (Lipinski definition) is 2. The summed E-state index contributed by atoms with van der Waals surface area (Å²) in [5.74, 6) is 0.712. The molecule has 0 atom stereocenters. The van der Waals surface area contributed by atoms with Gasteiger partial charge >= 0.3 is 0 Å². The van der Waals surface area contributed by atoms with Crippen molar-refractivity contribution in [1.29, 1.82) is 0 Å². The van der Waals surface area contributed by atoms with Crippen LogP contribution in [0.5, 0.6) is 5.75 Å². The molecular weight excluding hydrogens is 286 g/mol. The van der Waals surface area contributed by atoms with E-state index < -0.39 is 0 Å². The van der Waals surface area contributed by atoms with E-state index in [0.717, 1.165) is 46.5 Å². The molecule has 3 heteroatoms.